The Morgan fingerprint density at radius 3 is 2.68 bits per heavy atom. The molecule has 4 rings (SSSR count). The van der Waals surface area contributed by atoms with Gasteiger partial charge < -0.3 is 19.9 Å². The third kappa shape index (κ3) is 3.77. The van der Waals surface area contributed by atoms with Crippen LogP contribution in [0.3, 0.4) is 0 Å². The predicted octanol–water partition coefficient (Wildman–Crippen LogP) is 1.01. The van der Waals surface area contributed by atoms with E-state index in [0.717, 1.165) is 38.1 Å². The van der Waals surface area contributed by atoms with Gasteiger partial charge in [0.2, 0.25) is 5.82 Å². The Hall–Kier alpha value is -2.74. The second-order valence-corrected chi connectivity index (χ2v) is 7.46. The Bertz CT molecular complexity index is 851. The van der Waals surface area contributed by atoms with Crippen LogP contribution in [-0.4, -0.2) is 61.8 Å². The average Bonchev–Trinajstić information content (AvgIpc) is 2.98. The van der Waals surface area contributed by atoms with Crippen molar-refractivity contribution in [1.82, 2.24) is 25.0 Å². The molecule has 148 valence electrons. The van der Waals surface area contributed by atoms with E-state index in [9.17, 15) is 14.7 Å². The van der Waals surface area contributed by atoms with Crippen molar-refractivity contribution in [3.63, 3.8) is 0 Å². The standard InChI is InChI=1S/C20H25N5O3/c26-16-13-24(20(28)14-7-3-1-4-8-14)12-10-15(16)21-19(27)18-23-22-17-9-5-2-6-11-25(17)18/h1,3-4,7-8,15-16,26H,2,5-6,9-13H2,(H,21,27). The number of β-amino-alcohol motifs (C(OH)–C–C–N with tert-alkyl or cyclic N) is 1. The Balaban J connectivity index is 1.38. The van der Waals surface area contributed by atoms with E-state index in [1.165, 1.54) is 0 Å². The lowest BCUT2D eigenvalue weighted by atomic mass is 10.0. The van der Waals surface area contributed by atoms with Crippen molar-refractivity contribution < 1.29 is 14.7 Å². The minimum absolute atomic E-state index is 0.104. The topological polar surface area (TPSA) is 100 Å². The zero-order valence-electron chi connectivity index (χ0n) is 15.8. The van der Waals surface area contributed by atoms with Gasteiger partial charge in [-0.1, -0.05) is 24.6 Å². The number of rotatable bonds is 3. The van der Waals surface area contributed by atoms with Crippen molar-refractivity contribution in [2.24, 2.45) is 0 Å². The summed E-state index contributed by atoms with van der Waals surface area (Å²) >= 11 is 0. The van der Waals surface area contributed by atoms with Crippen LogP contribution in [0.25, 0.3) is 0 Å². The summed E-state index contributed by atoms with van der Waals surface area (Å²) in [4.78, 5) is 26.9. The Morgan fingerprint density at radius 1 is 1.07 bits per heavy atom. The Kier molecular flexibility index (Phi) is 5.38. The number of nitrogens with zero attached hydrogens (tertiary/aromatic N) is 4. The second-order valence-electron chi connectivity index (χ2n) is 7.46. The number of hydrogen-bond donors (Lipinski definition) is 2. The van der Waals surface area contributed by atoms with E-state index in [0.29, 0.717) is 24.4 Å². The smallest absolute Gasteiger partial charge is 0.289 e. The number of aryl methyl sites for hydroxylation is 1. The van der Waals surface area contributed by atoms with Crippen LogP contribution in [0.1, 0.15) is 52.5 Å². The molecule has 1 aromatic heterocycles. The highest BCUT2D eigenvalue weighted by molar-refractivity contribution is 5.94. The molecule has 1 aromatic carbocycles. The fourth-order valence-electron chi connectivity index (χ4n) is 3.93. The average molecular weight is 383 g/mol. The first-order valence-electron chi connectivity index (χ1n) is 9.89. The van der Waals surface area contributed by atoms with Gasteiger partial charge in [0.15, 0.2) is 0 Å². The maximum absolute atomic E-state index is 12.7. The molecule has 2 aliphatic heterocycles. The molecule has 0 saturated carbocycles. The van der Waals surface area contributed by atoms with Crippen LogP contribution < -0.4 is 5.32 Å². The third-order valence-corrected chi connectivity index (χ3v) is 5.52. The molecule has 0 spiro atoms. The lowest BCUT2D eigenvalue weighted by molar-refractivity contribution is 0.0312. The summed E-state index contributed by atoms with van der Waals surface area (Å²) < 4.78 is 1.89. The molecular weight excluding hydrogens is 358 g/mol. The lowest BCUT2D eigenvalue weighted by Crippen LogP contribution is -2.55. The maximum Gasteiger partial charge on any atom is 0.289 e. The highest BCUT2D eigenvalue weighted by atomic mass is 16.3. The Morgan fingerprint density at radius 2 is 1.89 bits per heavy atom. The normalized spacial score (nSPS) is 22.2. The van der Waals surface area contributed by atoms with E-state index >= 15 is 0 Å². The summed E-state index contributed by atoms with van der Waals surface area (Å²) in [7, 11) is 0. The molecule has 3 heterocycles. The summed E-state index contributed by atoms with van der Waals surface area (Å²) in [6.45, 7) is 1.42. The van der Waals surface area contributed by atoms with Crippen LogP contribution in [-0.2, 0) is 13.0 Å². The second kappa shape index (κ2) is 8.10. The fourth-order valence-corrected chi connectivity index (χ4v) is 3.93. The summed E-state index contributed by atoms with van der Waals surface area (Å²) in [6, 6.07) is 8.61. The number of aromatic nitrogens is 3. The third-order valence-electron chi connectivity index (χ3n) is 5.52. The molecule has 0 bridgehead atoms. The molecule has 1 saturated heterocycles. The van der Waals surface area contributed by atoms with Crippen molar-refractivity contribution >= 4 is 11.8 Å². The van der Waals surface area contributed by atoms with Gasteiger partial charge in [0.05, 0.1) is 12.1 Å². The monoisotopic (exact) mass is 383 g/mol. The number of likely N-dealkylation sites (tertiary alicyclic amines) is 1. The van der Waals surface area contributed by atoms with Crippen LogP contribution in [0.5, 0.6) is 0 Å². The molecule has 2 unspecified atom stereocenters. The number of benzene rings is 1. The summed E-state index contributed by atoms with van der Waals surface area (Å²) in [5.41, 5.74) is 0.600. The van der Waals surface area contributed by atoms with Gasteiger partial charge in [-0.15, -0.1) is 10.2 Å². The molecule has 1 fully saturated rings. The van der Waals surface area contributed by atoms with Gasteiger partial charge in [-0.2, -0.15) is 0 Å². The quantitative estimate of drug-likeness (QED) is 0.824. The SMILES string of the molecule is O=C(NC1CCN(C(=O)c2ccccc2)CC1O)c1nnc2n1CCCCC2. The first kappa shape index (κ1) is 18.6. The summed E-state index contributed by atoms with van der Waals surface area (Å²) in [5, 5.41) is 21.6. The number of carbonyl (C=O) groups excluding carboxylic acids is 2. The maximum atomic E-state index is 12.7. The Labute approximate surface area is 163 Å². The van der Waals surface area contributed by atoms with E-state index < -0.39 is 12.1 Å². The molecule has 28 heavy (non-hydrogen) atoms. The molecule has 8 nitrogen and oxygen atoms in total. The zero-order valence-corrected chi connectivity index (χ0v) is 15.8. The van der Waals surface area contributed by atoms with Crippen molar-refractivity contribution in [1.29, 1.82) is 0 Å². The summed E-state index contributed by atoms with van der Waals surface area (Å²) in [5.74, 6) is 0.748. The van der Waals surface area contributed by atoms with Crippen LogP contribution in [0.2, 0.25) is 0 Å². The minimum atomic E-state index is -0.822. The minimum Gasteiger partial charge on any atom is -0.389 e. The van der Waals surface area contributed by atoms with E-state index in [1.807, 2.05) is 22.8 Å². The van der Waals surface area contributed by atoms with Crippen molar-refractivity contribution in [3.8, 4) is 0 Å². The first-order valence-corrected chi connectivity index (χ1v) is 9.89. The van der Waals surface area contributed by atoms with E-state index in [2.05, 4.69) is 15.5 Å². The molecule has 0 radical (unpaired) electrons. The van der Waals surface area contributed by atoms with Crippen LogP contribution in [0.15, 0.2) is 30.3 Å². The van der Waals surface area contributed by atoms with Gasteiger partial charge in [0.1, 0.15) is 5.82 Å². The fraction of sp³-hybridized carbons (Fsp3) is 0.500. The van der Waals surface area contributed by atoms with Gasteiger partial charge in [-0.05, 0) is 31.4 Å². The molecule has 8 heteroatoms. The molecule has 2 aliphatic rings. The molecular formula is C20H25N5O3. The number of aliphatic hydroxyl groups is 1. The number of piperidine rings is 1. The number of nitrogens with one attached hydrogen (secondary N) is 1. The molecule has 2 atom stereocenters. The number of aliphatic hydroxyl groups excluding tert-OH is 1. The van der Waals surface area contributed by atoms with Crippen molar-refractivity contribution in [2.75, 3.05) is 13.1 Å². The predicted molar refractivity (Wildman–Crippen MR) is 102 cm³/mol. The molecule has 2 N–H and O–H groups in total. The van der Waals surface area contributed by atoms with Crippen LogP contribution in [0.4, 0.5) is 0 Å². The number of hydrogen-bond acceptors (Lipinski definition) is 5. The molecule has 2 amide bonds. The zero-order chi connectivity index (χ0) is 19.5. The van der Waals surface area contributed by atoms with E-state index in [1.54, 1.807) is 17.0 Å². The number of amides is 2. The molecule has 2 aromatic rings. The highest BCUT2D eigenvalue weighted by Gasteiger charge is 2.33. The van der Waals surface area contributed by atoms with Gasteiger partial charge in [-0.3, -0.25) is 9.59 Å². The van der Waals surface area contributed by atoms with Crippen LogP contribution >= 0.6 is 0 Å². The summed E-state index contributed by atoms with van der Waals surface area (Å²) in [6.07, 6.45) is 3.70. The van der Waals surface area contributed by atoms with Gasteiger partial charge in [-0.25, -0.2) is 0 Å². The van der Waals surface area contributed by atoms with E-state index in [-0.39, 0.29) is 18.4 Å². The van der Waals surface area contributed by atoms with Crippen molar-refractivity contribution in [2.45, 2.75) is 50.8 Å². The lowest BCUT2D eigenvalue weighted by Gasteiger charge is -2.36. The van der Waals surface area contributed by atoms with Gasteiger partial charge in [0, 0.05) is 31.6 Å². The van der Waals surface area contributed by atoms with Gasteiger partial charge in [0.25, 0.3) is 11.8 Å². The highest BCUT2D eigenvalue weighted by Crippen LogP contribution is 2.17. The van der Waals surface area contributed by atoms with Crippen LogP contribution in [0, 0.1) is 0 Å². The van der Waals surface area contributed by atoms with Crippen molar-refractivity contribution in [3.05, 3.63) is 47.5 Å². The first-order chi connectivity index (χ1) is 13.6. The van der Waals surface area contributed by atoms with E-state index in [4.69, 9.17) is 0 Å². The number of carbonyl (C=O) groups is 2. The van der Waals surface area contributed by atoms with Gasteiger partial charge >= 0.3 is 0 Å². The number of fused-ring (bicyclic) bond motifs is 1. The molecule has 0 aliphatic carbocycles. The largest absolute Gasteiger partial charge is 0.389 e.